The minimum Gasteiger partial charge on any atom is -0.507 e. The molecule has 0 amide bonds. The first kappa shape index (κ1) is 17.6. The van der Waals surface area contributed by atoms with Crippen molar-refractivity contribution in [3.8, 4) is 11.5 Å². The molecule has 0 bridgehead atoms. The predicted molar refractivity (Wildman–Crippen MR) is 78.3 cm³/mol. The maximum atomic E-state index is 12.0. The molecule has 0 heterocycles. The molecule has 0 atom stereocenters. The highest BCUT2D eigenvalue weighted by atomic mass is 16.3. The quantitative estimate of drug-likeness (QED) is 0.563. The van der Waals surface area contributed by atoms with Crippen LogP contribution in [0.25, 0.3) is 0 Å². The molecule has 0 saturated carbocycles. The lowest BCUT2D eigenvalue weighted by atomic mass is 9.97. The Labute approximate surface area is 127 Å². The molecule has 0 aromatic heterocycles. The molecule has 6 heteroatoms. The largest absolute Gasteiger partial charge is 0.507 e. The summed E-state index contributed by atoms with van der Waals surface area (Å²) in [5.74, 6) is -2.90. The second-order valence-electron chi connectivity index (χ2n) is 4.87. The van der Waals surface area contributed by atoms with Gasteiger partial charge in [0.2, 0.25) is 0 Å². The van der Waals surface area contributed by atoms with Crippen LogP contribution in [0, 0.1) is 0 Å². The Morgan fingerprint density at radius 1 is 0.773 bits per heavy atom. The predicted octanol–water partition coefficient (Wildman–Crippen LogP) is 2.20. The summed E-state index contributed by atoms with van der Waals surface area (Å²) in [4.78, 5) is 46.5. The molecule has 6 nitrogen and oxygen atoms in total. The van der Waals surface area contributed by atoms with E-state index in [0.29, 0.717) is 0 Å². The van der Waals surface area contributed by atoms with Gasteiger partial charge in [0.25, 0.3) is 0 Å². The molecular weight excluding hydrogens is 288 g/mol. The van der Waals surface area contributed by atoms with Gasteiger partial charge < -0.3 is 10.2 Å². The molecule has 1 rings (SSSR count). The fraction of sp³-hybridized carbons (Fsp3) is 0.375. The number of hydrogen-bond donors (Lipinski definition) is 2. The number of hydrogen-bond acceptors (Lipinski definition) is 6. The van der Waals surface area contributed by atoms with Crippen molar-refractivity contribution < 1.29 is 29.4 Å². The van der Waals surface area contributed by atoms with E-state index in [9.17, 15) is 29.4 Å². The van der Waals surface area contributed by atoms with E-state index in [1.807, 2.05) is 0 Å². The van der Waals surface area contributed by atoms with Crippen LogP contribution < -0.4 is 0 Å². The number of benzene rings is 1. The van der Waals surface area contributed by atoms with E-state index in [2.05, 4.69) is 0 Å². The van der Waals surface area contributed by atoms with Crippen LogP contribution in [-0.2, 0) is 9.59 Å². The summed E-state index contributed by atoms with van der Waals surface area (Å²) in [7, 11) is 0. The van der Waals surface area contributed by atoms with Gasteiger partial charge in [-0.1, -0.05) is 13.8 Å². The zero-order valence-corrected chi connectivity index (χ0v) is 12.5. The van der Waals surface area contributed by atoms with Crippen molar-refractivity contribution in [1.82, 2.24) is 0 Å². The minimum absolute atomic E-state index is 0.182. The monoisotopic (exact) mass is 306 g/mol. The Bertz CT molecular complexity index is 579. The standard InChI is InChI=1S/C16H18O6/c1-3-9(17)5-13(19)11-7-12(16(22)8-15(11)21)14(20)6-10(18)4-2/h7-8,21-22H,3-6H2,1-2H3. The summed E-state index contributed by atoms with van der Waals surface area (Å²) < 4.78 is 0. The normalized spacial score (nSPS) is 10.3. The van der Waals surface area contributed by atoms with Crippen LogP contribution in [0.1, 0.15) is 60.2 Å². The Morgan fingerprint density at radius 2 is 1.14 bits per heavy atom. The average Bonchev–Trinajstić information content (AvgIpc) is 2.46. The van der Waals surface area contributed by atoms with E-state index < -0.39 is 35.9 Å². The number of carbonyl (C=O) groups excluding carboxylic acids is 4. The molecule has 0 aliphatic heterocycles. The summed E-state index contributed by atoms with van der Waals surface area (Å²) in [6.07, 6.45) is -0.421. The summed E-state index contributed by atoms with van der Waals surface area (Å²) in [5, 5.41) is 19.4. The Hall–Kier alpha value is -2.50. The van der Waals surface area contributed by atoms with Gasteiger partial charge in [-0.2, -0.15) is 0 Å². The fourth-order valence-corrected chi connectivity index (χ4v) is 1.82. The fourth-order valence-electron chi connectivity index (χ4n) is 1.82. The topological polar surface area (TPSA) is 109 Å². The van der Waals surface area contributed by atoms with Crippen molar-refractivity contribution in [3.63, 3.8) is 0 Å². The van der Waals surface area contributed by atoms with E-state index in [1.165, 1.54) is 0 Å². The number of ketones is 4. The van der Waals surface area contributed by atoms with Crippen molar-refractivity contribution >= 4 is 23.1 Å². The van der Waals surface area contributed by atoms with Crippen molar-refractivity contribution in [2.45, 2.75) is 39.5 Å². The Kier molecular flexibility index (Phi) is 5.98. The number of rotatable bonds is 8. The zero-order chi connectivity index (χ0) is 16.9. The van der Waals surface area contributed by atoms with Gasteiger partial charge in [-0.25, -0.2) is 0 Å². The van der Waals surface area contributed by atoms with Crippen LogP contribution in [0.4, 0.5) is 0 Å². The third kappa shape index (κ3) is 4.25. The Balaban J connectivity index is 3.14. The van der Waals surface area contributed by atoms with E-state index in [-0.39, 0.29) is 35.5 Å². The van der Waals surface area contributed by atoms with E-state index in [1.54, 1.807) is 13.8 Å². The summed E-state index contributed by atoms with van der Waals surface area (Å²) in [6, 6.07) is 1.90. The van der Waals surface area contributed by atoms with Gasteiger partial charge >= 0.3 is 0 Å². The maximum Gasteiger partial charge on any atom is 0.173 e. The Morgan fingerprint density at radius 3 is 1.45 bits per heavy atom. The van der Waals surface area contributed by atoms with Gasteiger partial charge in [-0.3, -0.25) is 19.2 Å². The third-order valence-corrected chi connectivity index (χ3v) is 3.22. The van der Waals surface area contributed by atoms with Crippen LogP contribution in [0.15, 0.2) is 12.1 Å². The summed E-state index contributed by atoms with van der Waals surface area (Å²) in [5.41, 5.74) is -0.432. The number of Topliss-reactive ketones (excluding diaryl/α,β-unsaturated/α-hetero) is 4. The number of phenolic OH excluding ortho intramolecular Hbond substituents is 2. The van der Waals surface area contributed by atoms with Crippen LogP contribution in [-0.4, -0.2) is 33.3 Å². The smallest absolute Gasteiger partial charge is 0.173 e. The molecular formula is C16H18O6. The van der Waals surface area contributed by atoms with Crippen LogP contribution >= 0.6 is 0 Å². The molecule has 0 saturated heterocycles. The molecule has 0 spiro atoms. The van der Waals surface area contributed by atoms with E-state index in [0.717, 1.165) is 12.1 Å². The number of phenols is 2. The van der Waals surface area contributed by atoms with E-state index >= 15 is 0 Å². The molecule has 2 N–H and O–H groups in total. The van der Waals surface area contributed by atoms with Crippen molar-refractivity contribution in [2.24, 2.45) is 0 Å². The second kappa shape index (κ2) is 7.49. The van der Waals surface area contributed by atoms with E-state index in [4.69, 9.17) is 0 Å². The molecule has 0 aliphatic carbocycles. The van der Waals surface area contributed by atoms with Crippen molar-refractivity contribution in [3.05, 3.63) is 23.3 Å². The lowest BCUT2D eigenvalue weighted by Crippen LogP contribution is -2.11. The minimum atomic E-state index is -0.639. The molecule has 0 unspecified atom stereocenters. The lowest BCUT2D eigenvalue weighted by Gasteiger charge is -2.08. The van der Waals surface area contributed by atoms with Gasteiger partial charge in [0, 0.05) is 18.9 Å². The third-order valence-electron chi connectivity index (χ3n) is 3.22. The zero-order valence-electron chi connectivity index (χ0n) is 12.5. The van der Waals surface area contributed by atoms with Crippen molar-refractivity contribution in [2.75, 3.05) is 0 Å². The molecule has 1 aromatic carbocycles. The molecule has 22 heavy (non-hydrogen) atoms. The summed E-state index contributed by atoms with van der Waals surface area (Å²) >= 11 is 0. The first-order valence-corrected chi connectivity index (χ1v) is 6.95. The highest BCUT2D eigenvalue weighted by molar-refractivity contribution is 6.13. The number of carbonyl (C=O) groups is 4. The molecule has 118 valence electrons. The van der Waals surface area contributed by atoms with Gasteiger partial charge in [-0.15, -0.1) is 0 Å². The first-order chi connectivity index (χ1) is 10.3. The van der Waals surface area contributed by atoms with Gasteiger partial charge in [0.05, 0.1) is 24.0 Å². The molecule has 0 fully saturated rings. The summed E-state index contributed by atoms with van der Waals surface area (Å²) in [6.45, 7) is 3.22. The first-order valence-electron chi connectivity index (χ1n) is 6.95. The van der Waals surface area contributed by atoms with Crippen LogP contribution in [0.2, 0.25) is 0 Å². The van der Waals surface area contributed by atoms with Gasteiger partial charge in [-0.05, 0) is 6.07 Å². The second-order valence-corrected chi connectivity index (χ2v) is 4.87. The highest BCUT2D eigenvalue weighted by Gasteiger charge is 2.21. The van der Waals surface area contributed by atoms with Gasteiger partial charge in [0.1, 0.15) is 23.1 Å². The highest BCUT2D eigenvalue weighted by Crippen LogP contribution is 2.29. The van der Waals surface area contributed by atoms with Gasteiger partial charge in [0.15, 0.2) is 11.6 Å². The van der Waals surface area contributed by atoms with Crippen LogP contribution in [0.3, 0.4) is 0 Å². The SMILES string of the molecule is CCC(=O)CC(=O)c1cc(C(=O)CC(=O)CC)c(O)cc1O. The van der Waals surface area contributed by atoms with Crippen LogP contribution in [0.5, 0.6) is 11.5 Å². The maximum absolute atomic E-state index is 12.0. The molecule has 0 aliphatic rings. The molecule has 0 radical (unpaired) electrons. The lowest BCUT2D eigenvalue weighted by molar-refractivity contribution is -0.118. The average molecular weight is 306 g/mol. The molecule has 1 aromatic rings. The van der Waals surface area contributed by atoms with Crippen molar-refractivity contribution in [1.29, 1.82) is 0 Å². The number of aromatic hydroxyl groups is 2.